The summed E-state index contributed by atoms with van der Waals surface area (Å²) in [6.45, 7) is 10.2. The molecule has 0 bridgehead atoms. The largest absolute Gasteiger partial charge is 0.390 e. The Morgan fingerprint density at radius 3 is 2.44 bits per heavy atom. The predicted molar refractivity (Wildman–Crippen MR) is 101 cm³/mol. The molecule has 2 N–H and O–H groups in total. The Labute approximate surface area is 151 Å². The summed E-state index contributed by atoms with van der Waals surface area (Å²) in [5.41, 5.74) is 3.94. The van der Waals surface area contributed by atoms with E-state index in [2.05, 4.69) is 17.6 Å². The maximum Gasteiger partial charge on any atom is 0.267 e. The van der Waals surface area contributed by atoms with Crippen LogP contribution in [-0.4, -0.2) is 25.7 Å². The molecule has 0 saturated carbocycles. The molecule has 1 rings (SSSR count). The molecule has 1 aromatic rings. The van der Waals surface area contributed by atoms with E-state index in [1.54, 1.807) is 0 Å². The fraction of sp³-hybridized carbons (Fsp3) is 0.500. The smallest absolute Gasteiger partial charge is 0.267 e. The fourth-order valence-electron chi connectivity index (χ4n) is 2.51. The first-order valence-electron chi connectivity index (χ1n) is 8.80. The molecule has 0 heterocycles. The molecule has 5 heteroatoms. The van der Waals surface area contributed by atoms with Gasteiger partial charge in [0.1, 0.15) is 11.6 Å². The zero-order chi connectivity index (χ0) is 18.7. The Bertz CT molecular complexity index is 622. The van der Waals surface area contributed by atoms with Crippen molar-refractivity contribution < 1.29 is 9.53 Å². The molecule has 0 unspecified atom stereocenters. The van der Waals surface area contributed by atoms with Crippen LogP contribution in [0.3, 0.4) is 0 Å². The van der Waals surface area contributed by atoms with Gasteiger partial charge in [-0.15, -0.1) is 0 Å². The number of nitrogens with zero attached hydrogens (tertiary/aromatic N) is 1. The van der Waals surface area contributed by atoms with Crippen LogP contribution in [0.15, 0.2) is 23.9 Å². The lowest BCUT2D eigenvalue weighted by Gasteiger charge is -2.12. The fourth-order valence-corrected chi connectivity index (χ4v) is 2.51. The van der Waals surface area contributed by atoms with Gasteiger partial charge in [-0.1, -0.05) is 31.0 Å². The molecule has 5 nitrogen and oxygen atoms in total. The Hall–Kier alpha value is -2.32. The molecule has 0 fully saturated rings. The van der Waals surface area contributed by atoms with E-state index in [9.17, 15) is 10.1 Å². The highest BCUT2D eigenvalue weighted by atomic mass is 16.5. The minimum atomic E-state index is -0.399. The number of hydrogen-bond acceptors (Lipinski definition) is 4. The summed E-state index contributed by atoms with van der Waals surface area (Å²) in [5.74, 6) is -0.399. The highest BCUT2D eigenvalue weighted by Gasteiger charge is 2.12. The molecule has 0 spiro atoms. The van der Waals surface area contributed by atoms with Crippen molar-refractivity contribution in [2.75, 3.05) is 25.1 Å². The van der Waals surface area contributed by atoms with Crippen LogP contribution < -0.4 is 10.6 Å². The number of benzene rings is 1. The minimum Gasteiger partial charge on any atom is -0.390 e. The van der Waals surface area contributed by atoms with E-state index >= 15 is 0 Å². The molecule has 0 aliphatic heterocycles. The zero-order valence-corrected chi connectivity index (χ0v) is 15.7. The van der Waals surface area contributed by atoms with E-state index in [-0.39, 0.29) is 5.57 Å². The van der Waals surface area contributed by atoms with Crippen LogP contribution in [0.5, 0.6) is 0 Å². The zero-order valence-electron chi connectivity index (χ0n) is 15.7. The van der Waals surface area contributed by atoms with Crippen molar-refractivity contribution in [3.05, 3.63) is 40.6 Å². The van der Waals surface area contributed by atoms with Crippen molar-refractivity contribution >= 4 is 11.6 Å². The number of nitrogens with one attached hydrogen (secondary N) is 2. The van der Waals surface area contributed by atoms with Gasteiger partial charge in [-0.3, -0.25) is 4.79 Å². The number of anilines is 1. The summed E-state index contributed by atoms with van der Waals surface area (Å²) in [6, 6.07) is 5.96. The summed E-state index contributed by atoms with van der Waals surface area (Å²) in [6.07, 6.45) is 4.50. The SMILES string of the molecule is CCCCOCCCN/C=C(/C#N)C(=O)Nc1c(C)cc(C)cc1C. The van der Waals surface area contributed by atoms with Crippen molar-refractivity contribution in [3.8, 4) is 6.07 Å². The Kier molecular flexibility index (Phi) is 9.34. The summed E-state index contributed by atoms with van der Waals surface area (Å²) in [5, 5.41) is 15.1. The lowest BCUT2D eigenvalue weighted by molar-refractivity contribution is -0.112. The molecule has 136 valence electrons. The number of unbranched alkanes of at least 4 members (excludes halogenated alkanes) is 1. The molecule has 0 aliphatic rings. The van der Waals surface area contributed by atoms with Crippen LogP contribution in [-0.2, 0) is 9.53 Å². The van der Waals surface area contributed by atoms with Crippen molar-refractivity contribution in [2.24, 2.45) is 0 Å². The standard InChI is InChI=1S/C20H29N3O2/c1-5-6-9-25-10-7-8-22-14-18(13-21)20(24)23-19-16(3)11-15(2)12-17(19)4/h11-12,14,22H,5-10H2,1-4H3,(H,23,24)/b18-14-. The molecule has 1 aromatic carbocycles. The molecule has 0 aromatic heterocycles. The number of aryl methyl sites for hydroxylation is 3. The first-order chi connectivity index (χ1) is 12.0. The molecule has 0 saturated heterocycles. The average Bonchev–Trinajstić information content (AvgIpc) is 2.56. The van der Waals surface area contributed by atoms with Crippen LogP contribution >= 0.6 is 0 Å². The van der Waals surface area contributed by atoms with Crippen molar-refractivity contribution in [1.29, 1.82) is 5.26 Å². The van der Waals surface area contributed by atoms with Gasteiger partial charge in [0.15, 0.2) is 0 Å². The van der Waals surface area contributed by atoms with Crippen molar-refractivity contribution in [2.45, 2.75) is 47.0 Å². The molecule has 0 aliphatic carbocycles. The lowest BCUT2D eigenvalue weighted by atomic mass is 10.0. The van der Waals surface area contributed by atoms with Crippen molar-refractivity contribution in [3.63, 3.8) is 0 Å². The van der Waals surface area contributed by atoms with Gasteiger partial charge in [0.25, 0.3) is 5.91 Å². The number of rotatable bonds is 10. The Morgan fingerprint density at radius 1 is 1.20 bits per heavy atom. The second-order valence-corrected chi connectivity index (χ2v) is 6.17. The van der Waals surface area contributed by atoms with E-state index in [0.29, 0.717) is 13.2 Å². The normalized spacial score (nSPS) is 11.1. The van der Waals surface area contributed by atoms with Gasteiger partial charge < -0.3 is 15.4 Å². The van der Waals surface area contributed by atoms with E-state index in [1.807, 2.05) is 39.0 Å². The van der Waals surface area contributed by atoms with Crippen molar-refractivity contribution in [1.82, 2.24) is 5.32 Å². The molecular weight excluding hydrogens is 314 g/mol. The maximum atomic E-state index is 12.3. The lowest BCUT2D eigenvalue weighted by Crippen LogP contribution is -2.19. The van der Waals surface area contributed by atoms with E-state index in [0.717, 1.165) is 48.2 Å². The second-order valence-electron chi connectivity index (χ2n) is 6.17. The van der Waals surface area contributed by atoms with E-state index in [4.69, 9.17) is 4.74 Å². The third-order valence-corrected chi connectivity index (χ3v) is 3.78. The number of amides is 1. The predicted octanol–water partition coefficient (Wildman–Crippen LogP) is 3.75. The number of carbonyl (C=O) groups is 1. The van der Waals surface area contributed by atoms with Gasteiger partial charge in [-0.2, -0.15) is 5.26 Å². The number of nitriles is 1. The molecule has 25 heavy (non-hydrogen) atoms. The van der Waals surface area contributed by atoms with Gasteiger partial charge in [-0.25, -0.2) is 0 Å². The maximum absolute atomic E-state index is 12.3. The second kappa shape index (κ2) is 11.3. The Morgan fingerprint density at radius 2 is 1.84 bits per heavy atom. The topological polar surface area (TPSA) is 74.1 Å². The molecular formula is C20H29N3O2. The van der Waals surface area contributed by atoms with Gasteiger partial charge in [0, 0.05) is 31.6 Å². The first kappa shape index (κ1) is 20.7. The summed E-state index contributed by atoms with van der Waals surface area (Å²) in [4.78, 5) is 12.3. The van der Waals surface area contributed by atoms with Gasteiger partial charge in [0.05, 0.1) is 0 Å². The molecule has 0 atom stereocenters. The monoisotopic (exact) mass is 343 g/mol. The number of hydrogen-bond donors (Lipinski definition) is 2. The quantitative estimate of drug-likeness (QED) is 0.385. The van der Waals surface area contributed by atoms with E-state index in [1.165, 1.54) is 6.20 Å². The number of ether oxygens (including phenoxy) is 1. The van der Waals surface area contributed by atoms with Crippen LogP contribution in [0.4, 0.5) is 5.69 Å². The third kappa shape index (κ3) is 7.40. The molecule has 0 radical (unpaired) electrons. The molecule has 1 amide bonds. The third-order valence-electron chi connectivity index (χ3n) is 3.78. The summed E-state index contributed by atoms with van der Waals surface area (Å²) < 4.78 is 5.46. The Balaban J connectivity index is 2.51. The van der Waals surface area contributed by atoms with Crippen LogP contribution in [0.25, 0.3) is 0 Å². The van der Waals surface area contributed by atoms with Gasteiger partial charge in [-0.05, 0) is 44.7 Å². The highest BCUT2D eigenvalue weighted by molar-refractivity contribution is 6.07. The van der Waals surface area contributed by atoms with Crippen LogP contribution in [0.1, 0.15) is 42.9 Å². The number of carbonyl (C=O) groups excluding carboxylic acids is 1. The summed E-state index contributed by atoms with van der Waals surface area (Å²) in [7, 11) is 0. The van der Waals surface area contributed by atoms with Gasteiger partial charge in [0.2, 0.25) is 0 Å². The minimum absolute atomic E-state index is 0.0614. The van der Waals surface area contributed by atoms with E-state index < -0.39 is 5.91 Å². The first-order valence-corrected chi connectivity index (χ1v) is 8.80. The average molecular weight is 343 g/mol. The highest BCUT2D eigenvalue weighted by Crippen LogP contribution is 2.22. The van der Waals surface area contributed by atoms with Gasteiger partial charge >= 0.3 is 0 Å². The van der Waals surface area contributed by atoms with Crippen LogP contribution in [0, 0.1) is 32.1 Å². The van der Waals surface area contributed by atoms with Crippen LogP contribution in [0.2, 0.25) is 0 Å². The summed E-state index contributed by atoms with van der Waals surface area (Å²) >= 11 is 0.